The smallest absolute Gasteiger partial charge is 0.260 e. The molecule has 1 N–H and O–H groups in total. The average Bonchev–Trinajstić information content (AvgIpc) is 2.88. The summed E-state index contributed by atoms with van der Waals surface area (Å²) in [4.78, 5) is 27.9. The Bertz CT molecular complexity index is 1330. The number of nitrogens with one attached hydrogen (secondary N) is 1. The zero-order chi connectivity index (χ0) is 25.3. The summed E-state index contributed by atoms with van der Waals surface area (Å²) in [7, 11) is 0. The summed E-state index contributed by atoms with van der Waals surface area (Å²) >= 11 is 12.4. The van der Waals surface area contributed by atoms with Crippen LogP contribution in [0.15, 0.2) is 103 Å². The second kappa shape index (κ2) is 12.4. The van der Waals surface area contributed by atoms with Gasteiger partial charge in [0.2, 0.25) is 5.91 Å². The van der Waals surface area contributed by atoms with Gasteiger partial charge in [0.1, 0.15) is 0 Å². The molecule has 0 aromatic heterocycles. The summed E-state index contributed by atoms with van der Waals surface area (Å²) in [6, 6.07) is 32.1. The van der Waals surface area contributed by atoms with Crippen LogP contribution in [0.5, 0.6) is 0 Å². The number of carbonyl (C=O) groups excluding carboxylic acids is 2. The molecular formula is C30H26Cl2N2O2. The highest BCUT2D eigenvalue weighted by atomic mass is 35.5. The first-order chi connectivity index (χ1) is 17.5. The normalized spacial score (nSPS) is 10.6. The van der Waals surface area contributed by atoms with Gasteiger partial charge in [-0.25, -0.2) is 0 Å². The number of carbonyl (C=O) groups is 2. The third-order valence-corrected chi connectivity index (χ3v) is 6.30. The molecule has 0 heterocycles. The molecule has 0 saturated heterocycles. The van der Waals surface area contributed by atoms with E-state index >= 15 is 0 Å². The topological polar surface area (TPSA) is 49.4 Å². The highest BCUT2D eigenvalue weighted by molar-refractivity contribution is 6.37. The van der Waals surface area contributed by atoms with Crippen LogP contribution >= 0.6 is 23.2 Å². The van der Waals surface area contributed by atoms with Gasteiger partial charge in [0.15, 0.2) is 0 Å². The lowest BCUT2D eigenvalue weighted by molar-refractivity contribution is -0.120. The third-order valence-electron chi connectivity index (χ3n) is 5.76. The van der Waals surface area contributed by atoms with Crippen molar-refractivity contribution in [3.05, 3.63) is 135 Å². The highest BCUT2D eigenvalue weighted by Gasteiger charge is 2.21. The zero-order valence-corrected chi connectivity index (χ0v) is 21.2. The fourth-order valence-corrected chi connectivity index (χ4v) is 4.42. The van der Waals surface area contributed by atoms with Crippen LogP contribution in [0.4, 0.5) is 5.69 Å². The van der Waals surface area contributed by atoms with Crippen LogP contribution in [-0.4, -0.2) is 18.4 Å². The zero-order valence-electron chi connectivity index (χ0n) is 19.7. The van der Waals surface area contributed by atoms with Gasteiger partial charge in [-0.15, -0.1) is 0 Å². The third kappa shape index (κ3) is 6.97. The molecule has 4 aromatic carbocycles. The Morgan fingerprint density at radius 3 is 2.08 bits per heavy atom. The van der Waals surface area contributed by atoms with Crippen molar-refractivity contribution in [2.75, 3.05) is 11.4 Å². The van der Waals surface area contributed by atoms with E-state index in [0.29, 0.717) is 34.4 Å². The van der Waals surface area contributed by atoms with Gasteiger partial charge in [0, 0.05) is 17.3 Å². The number of anilines is 1. The lowest BCUT2D eigenvalue weighted by Gasteiger charge is -2.24. The van der Waals surface area contributed by atoms with Crippen molar-refractivity contribution < 1.29 is 9.59 Å². The van der Waals surface area contributed by atoms with E-state index in [2.05, 4.69) is 5.32 Å². The first kappa shape index (κ1) is 25.5. The first-order valence-electron chi connectivity index (χ1n) is 11.7. The lowest BCUT2D eigenvalue weighted by Crippen LogP contribution is -2.31. The maximum atomic E-state index is 13.6. The van der Waals surface area contributed by atoms with Crippen LogP contribution in [0.1, 0.15) is 27.0 Å². The van der Waals surface area contributed by atoms with Crippen LogP contribution in [-0.2, 0) is 24.2 Å². The van der Waals surface area contributed by atoms with Gasteiger partial charge in [-0.2, -0.15) is 0 Å². The minimum absolute atomic E-state index is 0.0650. The molecule has 0 bridgehead atoms. The largest absolute Gasteiger partial charge is 0.355 e. The molecule has 0 fully saturated rings. The van der Waals surface area contributed by atoms with Crippen molar-refractivity contribution in [2.45, 2.75) is 19.4 Å². The molecule has 6 heteroatoms. The molecule has 0 aliphatic heterocycles. The van der Waals surface area contributed by atoms with Crippen molar-refractivity contribution in [3.8, 4) is 0 Å². The van der Waals surface area contributed by atoms with Crippen LogP contribution in [0.2, 0.25) is 10.0 Å². The fraction of sp³-hybridized carbons (Fsp3) is 0.133. The van der Waals surface area contributed by atoms with Crippen molar-refractivity contribution >= 4 is 40.7 Å². The summed E-state index contributed by atoms with van der Waals surface area (Å²) in [6.07, 6.45) is 0.992. The maximum absolute atomic E-state index is 13.6. The van der Waals surface area contributed by atoms with E-state index in [9.17, 15) is 9.59 Å². The molecule has 4 nitrogen and oxygen atoms in total. The molecule has 0 saturated carbocycles. The molecule has 0 unspecified atom stereocenters. The van der Waals surface area contributed by atoms with Crippen molar-refractivity contribution in [1.29, 1.82) is 0 Å². The van der Waals surface area contributed by atoms with Gasteiger partial charge in [-0.05, 0) is 53.4 Å². The SMILES string of the molecule is O=C(Cc1cccc(N(Cc2ccccc2)C(=O)c2ccc(Cl)cc2Cl)c1)NCCc1ccccc1. The van der Waals surface area contributed by atoms with Gasteiger partial charge in [-0.3, -0.25) is 9.59 Å². The monoisotopic (exact) mass is 516 g/mol. The molecule has 2 amide bonds. The first-order valence-corrected chi connectivity index (χ1v) is 12.5. The van der Waals surface area contributed by atoms with Crippen LogP contribution < -0.4 is 10.2 Å². The molecular weight excluding hydrogens is 491 g/mol. The molecule has 4 rings (SSSR count). The molecule has 0 aliphatic rings. The number of hydrogen-bond donors (Lipinski definition) is 1. The summed E-state index contributed by atoms with van der Waals surface area (Å²) in [6.45, 7) is 0.918. The van der Waals surface area contributed by atoms with Gasteiger partial charge < -0.3 is 10.2 Å². The number of hydrogen-bond acceptors (Lipinski definition) is 2. The predicted octanol–water partition coefficient (Wildman–Crippen LogP) is 6.74. The van der Waals surface area contributed by atoms with Crippen molar-refractivity contribution in [3.63, 3.8) is 0 Å². The van der Waals surface area contributed by atoms with E-state index in [4.69, 9.17) is 23.2 Å². The summed E-state index contributed by atoms with van der Waals surface area (Å²) in [5.41, 5.74) is 4.01. The molecule has 0 radical (unpaired) electrons. The number of rotatable bonds is 9. The van der Waals surface area contributed by atoms with E-state index in [1.807, 2.05) is 84.9 Å². The predicted molar refractivity (Wildman–Crippen MR) is 147 cm³/mol. The Morgan fingerprint density at radius 1 is 0.722 bits per heavy atom. The van der Waals surface area contributed by atoms with E-state index in [1.165, 1.54) is 5.56 Å². The summed E-state index contributed by atoms with van der Waals surface area (Å²) < 4.78 is 0. The van der Waals surface area contributed by atoms with E-state index in [1.54, 1.807) is 23.1 Å². The summed E-state index contributed by atoms with van der Waals surface area (Å²) in [5, 5.41) is 3.74. The Hall–Kier alpha value is -3.60. The van der Waals surface area contributed by atoms with Gasteiger partial charge in [-0.1, -0.05) is 96.0 Å². The van der Waals surface area contributed by atoms with Crippen molar-refractivity contribution in [1.82, 2.24) is 5.32 Å². The highest BCUT2D eigenvalue weighted by Crippen LogP contribution is 2.27. The summed E-state index contributed by atoms with van der Waals surface area (Å²) in [5.74, 6) is -0.310. The number of halogens is 2. The number of nitrogens with zero attached hydrogens (tertiary/aromatic N) is 1. The molecule has 182 valence electrons. The fourth-order valence-electron chi connectivity index (χ4n) is 3.93. The Labute approximate surface area is 221 Å². The van der Waals surface area contributed by atoms with E-state index in [-0.39, 0.29) is 18.2 Å². The maximum Gasteiger partial charge on any atom is 0.260 e. The van der Waals surface area contributed by atoms with Crippen LogP contribution in [0.3, 0.4) is 0 Å². The Kier molecular flexibility index (Phi) is 8.77. The van der Waals surface area contributed by atoms with Gasteiger partial charge in [0.25, 0.3) is 5.91 Å². The molecule has 36 heavy (non-hydrogen) atoms. The lowest BCUT2D eigenvalue weighted by atomic mass is 10.1. The second-order valence-corrected chi connectivity index (χ2v) is 9.28. The van der Waals surface area contributed by atoms with Crippen molar-refractivity contribution in [2.24, 2.45) is 0 Å². The Morgan fingerprint density at radius 2 is 1.39 bits per heavy atom. The average molecular weight is 517 g/mol. The minimum Gasteiger partial charge on any atom is -0.355 e. The molecule has 0 spiro atoms. The molecule has 0 atom stereocenters. The van der Waals surface area contributed by atoms with E-state index < -0.39 is 0 Å². The van der Waals surface area contributed by atoms with Crippen LogP contribution in [0, 0.1) is 0 Å². The number of amides is 2. The molecule has 0 aliphatic carbocycles. The second-order valence-electron chi connectivity index (χ2n) is 8.43. The van der Waals surface area contributed by atoms with Crippen LogP contribution in [0.25, 0.3) is 0 Å². The van der Waals surface area contributed by atoms with E-state index in [0.717, 1.165) is 17.5 Å². The Balaban J connectivity index is 1.51. The standard InChI is InChI=1S/C30H26Cl2N2O2/c31-25-14-15-27(28(32)20-25)30(36)34(21-23-10-5-2-6-11-23)26-13-7-12-24(18-26)19-29(35)33-17-16-22-8-3-1-4-9-22/h1-15,18,20H,16-17,19,21H2,(H,33,35). The number of benzene rings is 4. The van der Waals surface area contributed by atoms with Gasteiger partial charge in [0.05, 0.1) is 23.6 Å². The minimum atomic E-state index is -0.245. The quantitative estimate of drug-likeness (QED) is 0.267. The molecule has 4 aromatic rings. The van der Waals surface area contributed by atoms with Gasteiger partial charge >= 0.3 is 0 Å².